The maximum atomic E-state index is 12.2. The lowest BCUT2D eigenvalue weighted by Gasteiger charge is -2.15. The molecule has 0 saturated carbocycles. The van der Waals surface area contributed by atoms with Crippen LogP contribution >= 0.6 is 23.1 Å². The fourth-order valence-corrected chi connectivity index (χ4v) is 3.48. The molecule has 7 heteroatoms. The van der Waals surface area contributed by atoms with Crippen LogP contribution in [0.3, 0.4) is 0 Å². The van der Waals surface area contributed by atoms with Crippen LogP contribution in [0.15, 0.2) is 22.5 Å². The Morgan fingerprint density at radius 2 is 2.18 bits per heavy atom. The molecule has 2 aromatic rings. The van der Waals surface area contributed by atoms with E-state index in [1.807, 2.05) is 39.0 Å². The van der Waals surface area contributed by atoms with Gasteiger partial charge in [0.05, 0.1) is 0 Å². The highest BCUT2D eigenvalue weighted by Crippen LogP contribution is 2.25. The summed E-state index contributed by atoms with van der Waals surface area (Å²) in [6.45, 7) is 7.75. The Morgan fingerprint density at radius 3 is 2.86 bits per heavy atom. The predicted molar refractivity (Wildman–Crippen MR) is 90.9 cm³/mol. The summed E-state index contributed by atoms with van der Waals surface area (Å²) in [4.78, 5) is 12.2. The molecule has 0 saturated heterocycles. The number of anilines is 1. The van der Waals surface area contributed by atoms with Gasteiger partial charge in [0.1, 0.15) is 5.75 Å². The first-order chi connectivity index (χ1) is 10.5. The smallest absolute Gasteiger partial charge is 0.266 e. The molecule has 5 nitrogen and oxygen atoms in total. The van der Waals surface area contributed by atoms with Crippen molar-refractivity contribution in [1.82, 2.24) is 10.2 Å². The third-order valence-electron chi connectivity index (χ3n) is 2.91. The number of carbonyl (C=O) groups is 1. The monoisotopic (exact) mass is 337 g/mol. The standard InChI is InChI=1S/C15H19N3O2S2/c1-5-21-15-18-17-14(22-15)16-13(19)11(4)20-12-7-6-9(2)8-10(12)3/h6-8,11H,5H2,1-4H3,(H,16,17,19). The number of aryl methyl sites for hydroxylation is 2. The van der Waals surface area contributed by atoms with Crippen molar-refractivity contribution in [3.05, 3.63) is 29.3 Å². The van der Waals surface area contributed by atoms with Gasteiger partial charge in [-0.1, -0.05) is 47.7 Å². The average molecular weight is 337 g/mol. The van der Waals surface area contributed by atoms with E-state index < -0.39 is 6.10 Å². The molecule has 0 aliphatic carbocycles. The van der Waals surface area contributed by atoms with Gasteiger partial charge in [0.2, 0.25) is 5.13 Å². The quantitative estimate of drug-likeness (QED) is 0.643. The number of ether oxygens (including phenoxy) is 1. The first-order valence-corrected chi connectivity index (χ1v) is 8.81. The summed E-state index contributed by atoms with van der Waals surface area (Å²) in [6, 6.07) is 5.88. The fraction of sp³-hybridized carbons (Fsp3) is 0.400. The lowest BCUT2D eigenvalue weighted by Crippen LogP contribution is -2.30. The van der Waals surface area contributed by atoms with Crippen molar-refractivity contribution >= 4 is 34.1 Å². The van der Waals surface area contributed by atoms with Gasteiger partial charge >= 0.3 is 0 Å². The van der Waals surface area contributed by atoms with Crippen LogP contribution in [0.5, 0.6) is 5.75 Å². The van der Waals surface area contributed by atoms with Crippen LogP contribution in [0.2, 0.25) is 0 Å². The lowest BCUT2D eigenvalue weighted by molar-refractivity contribution is -0.122. The van der Waals surface area contributed by atoms with Crippen LogP contribution in [0.1, 0.15) is 25.0 Å². The molecule has 0 bridgehead atoms. The van der Waals surface area contributed by atoms with E-state index in [-0.39, 0.29) is 5.91 Å². The second-order valence-electron chi connectivity index (χ2n) is 4.82. The van der Waals surface area contributed by atoms with Crippen LogP contribution in [-0.2, 0) is 4.79 Å². The first kappa shape index (κ1) is 16.8. The summed E-state index contributed by atoms with van der Waals surface area (Å²) < 4.78 is 6.58. The Morgan fingerprint density at radius 1 is 1.41 bits per heavy atom. The van der Waals surface area contributed by atoms with E-state index >= 15 is 0 Å². The second-order valence-corrected chi connectivity index (χ2v) is 7.31. The lowest BCUT2D eigenvalue weighted by atomic mass is 10.1. The van der Waals surface area contributed by atoms with Gasteiger partial charge in [0.15, 0.2) is 10.4 Å². The number of amides is 1. The minimum Gasteiger partial charge on any atom is -0.481 e. The van der Waals surface area contributed by atoms with Crippen LogP contribution in [0.4, 0.5) is 5.13 Å². The van der Waals surface area contributed by atoms with Crippen molar-refractivity contribution in [2.24, 2.45) is 0 Å². The largest absolute Gasteiger partial charge is 0.481 e. The zero-order chi connectivity index (χ0) is 16.1. The van der Waals surface area contributed by atoms with E-state index in [9.17, 15) is 4.79 Å². The van der Waals surface area contributed by atoms with E-state index in [1.54, 1.807) is 18.7 Å². The van der Waals surface area contributed by atoms with Crippen molar-refractivity contribution in [3.63, 3.8) is 0 Å². The molecule has 0 spiro atoms. The Balaban J connectivity index is 1.96. The fourth-order valence-electron chi connectivity index (χ4n) is 1.82. The van der Waals surface area contributed by atoms with Gasteiger partial charge in [-0.05, 0) is 38.2 Å². The summed E-state index contributed by atoms with van der Waals surface area (Å²) in [7, 11) is 0. The van der Waals surface area contributed by atoms with Crippen molar-refractivity contribution in [2.75, 3.05) is 11.1 Å². The van der Waals surface area contributed by atoms with Gasteiger partial charge in [0, 0.05) is 0 Å². The van der Waals surface area contributed by atoms with Gasteiger partial charge in [-0.15, -0.1) is 10.2 Å². The molecule has 0 fully saturated rings. The second kappa shape index (κ2) is 7.60. The molecule has 1 aromatic carbocycles. The highest BCUT2D eigenvalue weighted by Gasteiger charge is 2.17. The molecule has 22 heavy (non-hydrogen) atoms. The number of thioether (sulfide) groups is 1. The maximum absolute atomic E-state index is 12.2. The van der Waals surface area contributed by atoms with Crippen molar-refractivity contribution < 1.29 is 9.53 Å². The molecule has 0 aliphatic rings. The molecular formula is C15H19N3O2S2. The van der Waals surface area contributed by atoms with Gasteiger partial charge in [-0.2, -0.15) is 0 Å². The molecule has 1 unspecified atom stereocenters. The molecule has 1 atom stereocenters. The normalized spacial score (nSPS) is 12.0. The summed E-state index contributed by atoms with van der Waals surface area (Å²) in [6.07, 6.45) is -0.604. The van der Waals surface area contributed by atoms with Crippen LogP contribution < -0.4 is 10.1 Å². The van der Waals surface area contributed by atoms with Gasteiger partial charge in [-0.3, -0.25) is 10.1 Å². The zero-order valence-corrected chi connectivity index (χ0v) is 14.7. The molecule has 1 N–H and O–H groups in total. The SMILES string of the molecule is CCSc1nnc(NC(=O)C(C)Oc2ccc(C)cc2C)s1. The number of aromatic nitrogens is 2. The van der Waals surface area contributed by atoms with E-state index in [2.05, 4.69) is 15.5 Å². The van der Waals surface area contributed by atoms with Crippen molar-refractivity contribution in [3.8, 4) is 5.75 Å². The van der Waals surface area contributed by atoms with Crippen molar-refractivity contribution in [2.45, 2.75) is 38.1 Å². The van der Waals surface area contributed by atoms with Crippen LogP contribution in [0.25, 0.3) is 0 Å². The first-order valence-electron chi connectivity index (χ1n) is 7.00. The summed E-state index contributed by atoms with van der Waals surface area (Å²) >= 11 is 2.97. The Bertz CT molecular complexity index is 658. The third kappa shape index (κ3) is 4.45. The van der Waals surface area contributed by atoms with Crippen LogP contribution in [0, 0.1) is 13.8 Å². The number of nitrogens with zero attached hydrogens (tertiary/aromatic N) is 2. The van der Waals surface area contributed by atoms with E-state index in [0.717, 1.165) is 21.2 Å². The molecular weight excluding hydrogens is 318 g/mol. The molecule has 2 rings (SSSR count). The molecule has 1 aromatic heterocycles. The Labute approximate surface area is 138 Å². The highest BCUT2D eigenvalue weighted by atomic mass is 32.2. The molecule has 1 amide bonds. The number of hydrogen-bond donors (Lipinski definition) is 1. The number of nitrogens with one attached hydrogen (secondary N) is 1. The summed E-state index contributed by atoms with van der Waals surface area (Å²) in [5.41, 5.74) is 2.17. The molecule has 0 radical (unpaired) electrons. The number of carbonyl (C=O) groups excluding carboxylic acids is 1. The molecule has 0 aliphatic heterocycles. The third-order valence-corrected chi connectivity index (χ3v) is 4.76. The number of benzene rings is 1. The zero-order valence-electron chi connectivity index (χ0n) is 13.0. The topological polar surface area (TPSA) is 64.1 Å². The Hall–Kier alpha value is -1.60. The number of rotatable bonds is 6. The summed E-state index contributed by atoms with van der Waals surface area (Å²) in [5, 5.41) is 11.2. The molecule has 118 valence electrons. The summed E-state index contributed by atoms with van der Waals surface area (Å²) in [5.74, 6) is 1.41. The Kier molecular flexibility index (Phi) is 5.79. The highest BCUT2D eigenvalue weighted by molar-refractivity contribution is 8.01. The van der Waals surface area contributed by atoms with Gasteiger partial charge in [-0.25, -0.2) is 0 Å². The average Bonchev–Trinajstić information content (AvgIpc) is 2.89. The maximum Gasteiger partial charge on any atom is 0.266 e. The minimum atomic E-state index is -0.604. The molecule has 1 heterocycles. The number of hydrogen-bond acceptors (Lipinski definition) is 6. The van der Waals surface area contributed by atoms with Crippen molar-refractivity contribution in [1.29, 1.82) is 0 Å². The van der Waals surface area contributed by atoms with Gasteiger partial charge < -0.3 is 4.74 Å². The van der Waals surface area contributed by atoms with E-state index in [4.69, 9.17) is 4.74 Å². The van der Waals surface area contributed by atoms with Gasteiger partial charge in [0.25, 0.3) is 5.91 Å². The van der Waals surface area contributed by atoms with Crippen LogP contribution in [-0.4, -0.2) is 28.0 Å². The van der Waals surface area contributed by atoms with E-state index in [1.165, 1.54) is 11.3 Å². The van der Waals surface area contributed by atoms with E-state index in [0.29, 0.717) is 10.9 Å². The minimum absolute atomic E-state index is 0.232. The predicted octanol–water partition coefficient (Wildman–Crippen LogP) is 3.67.